The maximum absolute atomic E-state index is 14.6. The van der Waals surface area contributed by atoms with Crippen LogP contribution in [0.4, 0.5) is 4.79 Å². The molecule has 0 heterocycles. The van der Waals surface area contributed by atoms with Gasteiger partial charge in [0, 0.05) is 46.8 Å². The lowest BCUT2D eigenvalue weighted by Gasteiger charge is -2.35. The van der Waals surface area contributed by atoms with Crippen LogP contribution in [0.1, 0.15) is 35.1 Å². The van der Waals surface area contributed by atoms with Crippen LogP contribution in [0, 0.1) is 0 Å². The highest BCUT2D eigenvalue weighted by atomic mass is 16.6. The highest BCUT2D eigenvalue weighted by molar-refractivity contribution is 5.92. The highest BCUT2D eigenvalue weighted by Gasteiger charge is 2.37. The Bertz CT molecular complexity index is 2020. The Morgan fingerprint density at radius 2 is 1.18 bits per heavy atom. The predicted molar refractivity (Wildman–Crippen MR) is 198 cm³/mol. The van der Waals surface area contributed by atoms with Gasteiger partial charge in [-0.3, -0.25) is 29.7 Å². The average Bonchev–Trinajstić information content (AvgIpc) is 3.47. The van der Waals surface area contributed by atoms with Gasteiger partial charge in [-0.15, -0.1) is 0 Å². The highest BCUT2D eigenvalue weighted by Crippen LogP contribution is 2.44. The van der Waals surface area contributed by atoms with Gasteiger partial charge in [-0.05, 0) is 44.2 Å². The lowest BCUT2D eigenvalue weighted by Crippen LogP contribution is -2.58. The number of nitrogens with one attached hydrogen (secondary N) is 1. The van der Waals surface area contributed by atoms with E-state index in [4.69, 9.17) is 4.74 Å². The number of hydrazine groups is 1. The smallest absolute Gasteiger partial charge is 0.410 e. The Labute approximate surface area is 298 Å². The third-order valence-corrected chi connectivity index (χ3v) is 9.65. The summed E-state index contributed by atoms with van der Waals surface area (Å²) in [6, 6.07) is 37.5. The summed E-state index contributed by atoms with van der Waals surface area (Å²) in [6.07, 6.45) is -0.267. The zero-order valence-electron chi connectivity index (χ0n) is 29.3. The maximum atomic E-state index is 14.6. The fraction of sp³-hybridized carbons (Fsp3) is 0.238. The van der Waals surface area contributed by atoms with Gasteiger partial charge in [-0.25, -0.2) is 4.79 Å². The molecule has 0 saturated heterocycles. The zero-order chi connectivity index (χ0) is 36.1. The van der Waals surface area contributed by atoms with Gasteiger partial charge in [-0.1, -0.05) is 121 Å². The van der Waals surface area contributed by atoms with Crippen molar-refractivity contribution in [3.63, 3.8) is 0 Å². The third-order valence-electron chi connectivity index (χ3n) is 9.65. The van der Waals surface area contributed by atoms with Crippen LogP contribution in [0.25, 0.3) is 21.9 Å². The summed E-state index contributed by atoms with van der Waals surface area (Å²) in [6.45, 7) is 1.41. The van der Waals surface area contributed by atoms with Crippen molar-refractivity contribution in [2.45, 2.75) is 37.8 Å². The topological polar surface area (TPSA) is 99.3 Å². The van der Waals surface area contributed by atoms with Crippen LogP contribution in [0.15, 0.2) is 121 Å². The molecule has 4 amide bonds. The second-order valence-electron chi connectivity index (χ2n) is 13.0. The molecule has 1 N–H and O–H groups in total. The SMILES string of the molecule is CC(=O)NN(C)C(=O)[C@@H](Cc1ccccc1)N(C)C(=O)[C@@H](Cc1ccc2ccccc2c1)N(C)C(=O)OCC1c2ccccc2-c2ccccc21. The molecule has 0 aliphatic heterocycles. The van der Waals surface area contributed by atoms with Crippen molar-refractivity contribution in [1.29, 1.82) is 0 Å². The van der Waals surface area contributed by atoms with Crippen molar-refractivity contribution in [3.8, 4) is 11.1 Å². The number of carbonyl (C=O) groups excluding carboxylic acids is 4. The normalized spacial score (nSPS) is 13.0. The van der Waals surface area contributed by atoms with E-state index in [1.165, 1.54) is 23.8 Å². The first-order valence-corrected chi connectivity index (χ1v) is 17.0. The Balaban J connectivity index is 1.29. The minimum atomic E-state index is -1.01. The summed E-state index contributed by atoms with van der Waals surface area (Å²) >= 11 is 0. The van der Waals surface area contributed by atoms with E-state index < -0.39 is 35.9 Å². The van der Waals surface area contributed by atoms with Crippen LogP contribution in [-0.4, -0.2) is 78.5 Å². The molecule has 5 aromatic carbocycles. The molecule has 6 rings (SSSR count). The summed E-state index contributed by atoms with van der Waals surface area (Å²) in [4.78, 5) is 57.0. The lowest BCUT2D eigenvalue weighted by molar-refractivity contribution is -0.149. The monoisotopic (exact) mass is 682 g/mol. The largest absolute Gasteiger partial charge is 0.448 e. The number of carbonyl (C=O) groups is 4. The third kappa shape index (κ3) is 7.62. The Morgan fingerprint density at radius 1 is 0.627 bits per heavy atom. The number of rotatable bonds is 10. The predicted octanol–water partition coefficient (Wildman–Crippen LogP) is 6.21. The van der Waals surface area contributed by atoms with Crippen LogP contribution < -0.4 is 5.43 Å². The van der Waals surface area contributed by atoms with Gasteiger partial charge in [0.05, 0.1) is 0 Å². The van der Waals surface area contributed by atoms with E-state index in [2.05, 4.69) is 29.7 Å². The first kappa shape index (κ1) is 34.9. The van der Waals surface area contributed by atoms with Crippen LogP contribution in [0.3, 0.4) is 0 Å². The number of hydrogen-bond donors (Lipinski definition) is 1. The van der Waals surface area contributed by atoms with Crippen molar-refractivity contribution in [1.82, 2.24) is 20.2 Å². The van der Waals surface area contributed by atoms with Crippen LogP contribution >= 0.6 is 0 Å². The van der Waals surface area contributed by atoms with E-state index in [9.17, 15) is 19.2 Å². The molecule has 9 nitrogen and oxygen atoms in total. The van der Waals surface area contributed by atoms with E-state index in [0.29, 0.717) is 0 Å². The van der Waals surface area contributed by atoms with Gasteiger partial charge in [0.15, 0.2) is 0 Å². The molecule has 5 aromatic rings. The molecule has 0 spiro atoms. The zero-order valence-corrected chi connectivity index (χ0v) is 29.3. The summed E-state index contributed by atoms with van der Waals surface area (Å²) in [5.41, 5.74) is 8.60. The molecule has 0 saturated carbocycles. The molecule has 0 fully saturated rings. The molecule has 2 atom stereocenters. The number of nitrogens with zero attached hydrogens (tertiary/aromatic N) is 3. The van der Waals surface area contributed by atoms with Crippen molar-refractivity contribution >= 4 is 34.6 Å². The summed E-state index contributed by atoms with van der Waals surface area (Å²) in [7, 11) is 4.58. The average molecular weight is 683 g/mol. The van der Waals surface area contributed by atoms with E-state index in [1.807, 2.05) is 97.1 Å². The fourth-order valence-electron chi connectivity index (χ4n) is 6.93. The number of hydrogen-bond acceptors (Lipinski definition) is 5. The quantitative estimate of drug-likeness (QED) is 0.177. The molecule has 0 radical (unpaired) electrons. The van der Waals surface area contributed by atoms with Crippen LogP contribution in [0.5, 0.6) is 0 Å². The molecule has 51 heavy (non-hydrogen) atoms. The molecule has 1 aliphatic carbocycles. The minimum absolute atomic E-state index is 0.0978. The van der Waals surface area contributed by atoms with E-state index >= 15 is 0 Å². The van der Waals surface area contributed by atoms with Crippen LogP contribution in [-0.2, 0) is 32.0 Å². The van der Waals surface area contributed by atoms with E-state index in [0.717, 1.165) is 49.2 Å². The second kappa shape index (κ2) is 15.3. The van der Waals surface area contributed by atoms with Crippen LogP contribution in [0.2, 0.25) is 0 Å². The summed E-state index contributed by atoms with van der Waals surface area (Å²) in [5.74, 6) is -1.48. The molecule has 0 bridgehead atoms. The first-order chi connectivity index (χ1) is 24.6. The molecule has 9 heteroatoms. The molecular formula is C42H42N4O5. The van der Waals surface area contributed by atoms with Crippen molar-refractivity contribution < 1.29 is 23.9 Å². The number of ether oxygens (including phenoxy) is 1. The molecule has 0 aromatic heterocycles. The van der Waals surface area contributed by atoms with Gasteiger partial charge < -0.3 is 9.64 Å². The molecule has 1 aliphatic rings. The summed E-state index contributed by atoms with van der Waals surface area (Å²) in [5, 5.41) is 3.17. The van der Waals surface area contributed by atoms with Gasteiger partial charge >= 0.3 is 6.09 Å². The number of benzene rings is 5. The number of amides is 4. The fourth-order valence-corrected chi connectivity index (χ4v) is 6.93. The van der Waals surface area contributed by atoms with Crippen molar-refractivity contribution in [2.24, 2.45) is 0 Å². The Hall–Kier alpha value is -5.96. The lowest BCUT2D eigenvalue weighted by atomic mass is 9.98. The molecular weight excluding hydrogens is 640 g/mol. The van der Waals surface area contributed by atoms with Gasteiger partial charge in [0.1, 0.15) is 18.7 Å². The second-order valence-corrected chi connectivity index (χ2v) is 13.0. The van der Waals surface area contributed by atoms with E-state index in [1.54, 1.807) is 14.1 Å². The van der Waals surface area contributed by atoms with Crippen molar-refractivity contribution in [2.75, 3.05) is 27.7 Å². The van der Waals surface area contributed by atoms with E-state index in [-0.39, 0.29) is 25.4 Å². The molecule has 0 unspecified atom stereocenters. The summed E-state index contributed by atoms with van der Waals surface area (Å²) < 4.78 is 6.00. The Morgan fingerprint density at radius 3 is 1.82 bits per heavy atom. The number of fused-ring (bicyclic) bond motifs is 4. The minimum Gasteiger partial charge on any atom is -0.448 e. The molecule has 260 valence electrons. The Kier molecular flexibility index (Phi) is 10.5. The van der Waals surface area contributed by atoms with Gasteiger partial charge in [0.2, 0.25) is 11.8 Å². The number of likely N-dealkylation sites (N-methyl/N-ethyl adjacent to an activating group) is 3. The first-order valence-electron chi connectivity index (χ1n) is 17.0. The standard InChI is InChI=1S/C42H42N4O5/c1-28(47)43-46(4)41(49)39(25-29-14-6-5-7-15-29)44(2)40(48)38(26-30-22-23-31-16-8-9-17-32(31)24-30)45(3)42(50)51-27-37-35-20-12-10-18-33(35)34-19-11-13-21-36(34)37/h5-24,37-39H,25-27H2,1-4H3,(H,43,47)/t38-,39-/m1/s1. The van der Waals surface area contributed by atoms with Crippen molar-refractivity contribution in [3.05, 3.63) is 144 Å². The van der Waals surface area contributed by atoms with Gasteiger partial charge in [0.25, 0.3) is 5.91 Å². The van der Waals surface area contributed by atoms with Gasteiger partial charge in [-0.2, -0.15) is 0 Å². The maximum Gasteiger partial charge on any atom is 0.410 e.